The lowest BCUT2D eigenvalue weighted by Crippen LogP contribution is -2.32. The Kier molecular flexibility index (Phi) is 5.17. The van der Waals surface area contributed by atoms with Crippen molar-refractivity contribution in [3.05, 3.63) is 18.2 Å². The van der Waals surface area contributed by atoms with Crippen LogP contribution in [-0.2, 0) is 13.5 Å². The number of aryl methyl sites for hydroxylation is 1. The summed E-state index contributed by atoms with van der Waals surface area (Å²) in [5.41, 5.74) is 0. The molecule has 1 rings (SSSR count). The van der Waals surface area contributed by atoms with Crippen LogP contribution in [0, 0.1) is 0 Å². The highest BCUT2D eigenvalue weighted by atomic mass is 19.5. The van der Waals surface area contributed by atoms with Crippen molar-refractivity contribution in [1.82, 2.24) is 4.73 Å². The SMILES string of the molecule is CCc1n(OC)cc[n+]1C.F[B-](F)(F)F. The summed E-state index contributed by atoms with van der Waals surface area (Å²) in [7, 11) is -2.33. The highest BCUT2D eigenvalue weighted by Gasteiger charge is 2.20. The van der Waals surface area contributed by atoms with Gasteiger partial charge in [0, 0.05) is 0 Å². The summed E-state index contributed by atoms with van der Waals surface area (Å²) in [6, 6.07) is 0. The molecule has 0 fully saturated rings. The fraction of sp³-hybridized carbons (Fsp3) is 0.571. The average Bonchev–Trinajstić information content (AvgIpc) is 2.43. The van der Waals surface area contributed by atoms with Crippen LogP contribution < -0.4 is 9.40 Å². The summed E-state index contributed by atoms with van der Waals surface area (Å²) in [4.78, 5) is 5.05. The molecule has 15 heavy (non-hydrogen) atoms. The molecule has 0 amide bonds. The molecular weight excluding hydrogens is 215 g/mol. The second-order valence-electron chi connectivity index (χ2n) is 2.68. The van der Waals surface area contributed by atoms with Crippen molar-refractivity contribution >= 4 is 7.25 Å². The molecule has 0 saturated carbocycles. The minimum Gasteiger partial charge on any atom is -0.418 e. The number of aromatic nitrogens is 2. The second kappa shape index (κ2) is 5.62. The Hall–Kier alpha value is -1.21. The number of halogens is 4. The third kappa shape index (κ3) is 5.98. The average molecular weight is 228 g/mol. The Morgan fingerprint density at radius 1 is 1.40 bits per heavy atom. The lowest BCUT2D eigenvalue weighted by Gasteiger charge is -1.94. The quantitative estimate of drug-likeness (QED) is 0.423. The molecule has 1 aromatic heterocycles. The molecule has 3 nitrogen and oxygen atoms in total. The Bertz CT molecular complexity index is 294. The first-order valence-electron chi connectivity index (χ1n) is 4.27. The number of nitrogens with zero attached hydrogens (tertiary/aromatic N) is 2. The second-order valence-corrected chi connectivity index (χ2v) is 2.68. The monoisotopic (exact) mass is 228 g/mol. The van der Waals surface area contributed by atoms with Gasteiger partial charge < -0.3 is 22.1 Å². The van der Waals surface area contributed by atoms with Gasteiger partial charge in [0.1, 0.15) is 13.3 Å². The molecular formula is C7H13BF4N2O. The molecule has 0 aliphatic heterocycles. The highest BCUT2D eigenvalue weighted by molar-refractivity contribution is 6.50. The van der Waals surface area contributed by atoms with Crippen molar-refractivity contribution in [3.8, 4) is 0 Å². The van der Waals surface area contributed by atoms with Crippen molar-refractivity contribution in [1.29, 1.82) is 0 Å². The standard InChI is InChI=1S/C7H13N2O.BF4/c1-4-7-8(2)5-6-9(7)10-3;2-1(3,4)5/h5-6H,4H2,1-3H3;/q+1;-1. The van der Waals surface area contributed by atoms with E-state index in [1.165, 1.54) is 5.82 Å². The van der Waals surface area contributed by atoms with Crippen LogP contribution in [0.3, 0.4) is 0 Å². The predicted octanol–water partition coefficient (Wildman–Crippen LogP) is 1.23. The number of imidazole rings is 1. The van der Waals surface area contributed by atoms with E-state index in [2.05, 4.69) is 6.92 Å². The highest BCUT2D eigenvalue weighted by Crippen LogP contribution is 2.06. The molecule has 0 unspecified atom stereocenters. The van der Waals surface area contributed by atoms with E-state index < -0.39 is 7.25 Å². The van der Waals surface area contributed by atoms with Crippen LogP contribution in [0.1, 0.15) is 12.7 Å². The van der Waals surface area contributed by atoms with Crippen LogP contribution >= 0.6 is 0 Å². The van der Waals surface area contributed by atoms with E-state index >= 15 is 0 Å². The van der Waals surface area contributed by atoms with Gasteiger partial charge in [0.2, 0.25) is 0 Å². The first kappa shape index (κ1) is 13.8. The van der Waals surface area contributed by atoms with Crippen LogP contribution in [0.25, 0.3) is 0 Å². The van der Waals surface area contributed by atoms with Crippen molar-refractivity contribution in [2.24, 2.45) is 7.05 Å². The Morgan fingerprint density at radius 2 is 1.87 bits per heavy atom. The summed E-state index contributed by atoms with van der Waals surface area (Å²) >= 11 is 0. The summed E-state index contributed by atoms with van der Waals surface area (Å²) in [5, 5.41) is 0. The maximum Gasteiger partial charge on any atom is 0.673 e. The van der Waals surface area contributed by atoms with Gasteiger partial charge in [0.25, 0.3) is 5.82 Å². The van der Waals surface area contributed by atoms with E-state index in [4.69, 9.17) is 4.84 Å². The predicted molar refractivity (Wildman–Crippen MR) is 47.7 cm³/mol. The minimum absolute atomic E-state index is 0.983. The lowest BCUT2D eigenvalue weighted by molar-refractivity contribution is -0.679. The van der Waals surface area contributed by atoms with Crippen LogP contribution in [0.4, 0.5) is 17.3 Å². The van der Waals surface area contributed by atoms with Crippen molar-refractivity contribution in [2.45, 2.75) is 13.3 Å². The van der Waals surface area contributed by atoms with Gasteiger partial charge in [-0.2, -0.15) is 0 Å². The number of hydrogen-bond donors (Lipinski definition) is 0. The van der Waals surface area contributed by atoms with Gasteiger partial charge in [0.15, 0.2) is 6.20 Å². The van der Waals surface area contributed by atoms with Gasteiger partial charge in [-0.3, -0.25) is 0 Å². The Balaban J connectivity index is 0.000000336. The first-order chi connectivity index (χ1) is 6.79. The van der Waals surface area contributed by atoms with E-state index in [9.17, 15) is 17.3 Å². The normalized spacial score (nSPS) is 10.6. The van der Waals surface area contributed by atoms with Crippen LogP contribution in [0.2, 0.25) is 0 Å². The van der Waals surface area contributed by atoms with Crippen molar-refractivity contribution < 1.29 is 26.7 Å². The fourth-order valence-corrected chi connectivity index (χ4v) is 1.06. The third-order valence-electron chi connectivity index (χ3n) is 1.60. The third-order valence-corrected chi connectivity index (χ3v) is 1.60. The lowest BCUT2D eigenvalue weighted by atomic mass is 10.3. The molecule has 0 saturated heterocycles. The largest absolute Gasteiger partial charge is 0.673 e. The zero-order valence-electron chi connectivity index (χ0n) is 8.75. The van der Waals surface area contributed by atoms with Crippen LogP contribution in [0.15, 0.2) is 12.4 Å². The molecule has 1 heterocycles. The zero-order valence-corrected chi connectivity index (χ0v) is 8.75. The van der Waals surface area contributed by atoms with Gasteiger partial charge in [-0.1, -0.05) is 11.7 Å². The van der Waals surface area contributed by atoms with Crippen molar-refractivity contribution in [2.75, 3.05) is 7.11 Å². The zero-order chi connectivity index (χ0) is 12.1. The first-order valence-corrected chi connectivity index (χ1v) is 4.27. The van der Waals surface area contributed by atoms with E-state index in [0.717, 1.165) is 6.42 Å². The van der Waals surface area contributed by atoms with E-state index in [0.29, 0.717) is 0 Å². The molecule has 0 radical (unpaired) electrons. The summed E-state index contributed by atoms with van der Waals surface area (Å²) in [6.07, 6.45) is 4.86. The van der Waals surface area contributed by atoms with Gasteiger partial charge in [-0.05, 0) is 0 Å². The molecule has 0 aromatic carbocycles. The Morgan fingerprint density at radius 3 is 2.13 bits per heavy atom. The molecule has 0 atom stereocenters. The van der Waals surface area contributed by atoms with E-state index in [1.54, 1.807) is 11.8 Å². The molecule has 0 spiro atoms. The van der Waals surface area contributed by atoms with Crippen molar-refractivity contribution in [3.63, 3.8) is 0 Å². The van der Waals surface area contributed by atoms with Gasteiger partial charge in [0.05, 0.1) is 13.5 Å². The summed E-state index contributed by atoms with van der Waals surface area (Å²) in [6.45, 7) is 2.10. The van der Waals surface area contributed by atoms with E-state index in [1.807, 2.05) is 24.0 Å². The molecule has 0 aliphatic rings. The van der Waals surface area contributed by atoms with Crippen LogP contribution in [-0.4, -0.2) is 19.1 Å². The maximum atomic E-state index is 9.75. The van der Waals surface area contributed by atoms with Gasteiger partial charge in [-0.25, -0.2) is 4.57 Å². The molecule has 1 aromatic rings. The van der Waals surface area contributed by atoms with Gasteiger partial charge in [-0.15, -0.1) is 0 Å². The molecule has 88 valence electrons. The summed E-state index contributed by atoms with van der Waals surface area (Å²) in [5.74, 6) is 1.17. The maximum absolute atomic E-state index is 9.75. The smallest absolute Gasteiger partial charge is 0.418 e. The minimum atomic E-state index is -6.00. The topological polar surface area (TPSA) is 18.0 Å². The molecule has 0 bridgehead atoms. The summed E-state index contributed by atoms with van der Waals surface area (Å²) < 4.78 is 42.8. The van der Waals surface area contributed by atoms with Crippen LogP contribution in [0.5, 0.6) is 0 Å². The van der Waals surface area contributed by atoms with E-state index in [-0.39, 0.29) is 0 Å². The van der Waals surface area contributed by atoms with Gasteiger partial charge >= 0.3 is 7.25 Å². The number of hydrogen-bond acceptors (Lipinski definition) is 1. The molecule has 0 N–H and O–H groups in total. The fourth-order valence-electron chi connectivity index (χ4n) is 1.06. The Labute approximate surface area is 85.3 Å². The molecule has 0 aliphatic carbocycles. The molecule has 8 heteroatoms. The number of rotatable bonds is 2.